The molecule has 3 aromatic heterocycles. The molecule has 0 atom stereocenters. The molecule has 1 amide bonds. The molecule has 0 aliphatic carbocycles. The molecule has 2 N–H and O–H groups in total. The smallest absolute Gasteiger partial charge is 0.275 e. The number of aromatic nitrogens is 4. The van der Waals surface area contributed by atoms with Crippen LogP contribution in [0.25, 0.3) is 32.6 Å². The summed E-state index contributed by atoms with van der Waals surface area (Å²) in [4.78, 5) is 32.7. The van der Waals surface area contributed by atoms with Crippen LogP contribution in [-0.4, -0.2) is 31.9 Å². The molecule has 0 unspecified atom stereocenters. The fraction of sp³-hybridized carbons (Fsp3) is 0.0417. The summed E-state index contributed by atoms with van der Waals surface area (Å²) in [5.41, 5.74) is 5.19. The number of aromatic amines is 1. The van der Waals surface area contributed by atoms with Gasteiger partial charge < -0.3 is 5.32 Å². The Balaban J connectivity index is 1.32. The van der Waals surface area contributed by atoms with Crippen molar-refractivity contribution in [2.75, 3.05) is 5.32 Å². The molecule has 0 aliphatic heterocycles. The van der Waals surface area contributed by atoms with Crippen molar-refractivity contribution in [2.45, 2.75) is 6.92 Å². The third kappa shape index (κ3) is 3.79. The Morgan fingerprint density at radius 3 is 2.44 bits per heavy atom. The molecular weight excluding hydrogens is 422 g/mol. The number of carbonyl (C=O) groups is 2. The Kier molecular flexibility index (Phi) is 5.04. The maximum absolute atomic E-state index is 12.6. The minimum Gasteiger partial charge on any atom is -0.321 e. The highest BCUT2D eigenvalue weighted by Crippen LogP contribution is 2.27. The quantitative estimate of drug-likeness (QED) is 0.367. The van der Waals surface area contributed by atoms with Crippen LogP contribution in [0.5, 0.6) is 0 Å². The number of H-pyrrole nitrogens is 1. The molecule has 0 spiro atoms. The zero-order valence-corrected chi connectivity index (χ0v) is 17.8. The molecule has 5 aromatic rings. The van der Waals surface area contributed by atoms with E-state index in [0.29, 0.717) is 17.1 Å². The van der Waals surface area contributed by atoms with E-state index in [4.69, 9.17) is 0 Å². The van der Waals surface area contributed by atoms with Crippen LogP contribution in [0.15, 0.2) is 72.4 Å². The van der Waals surface area contributed by atoms with Gasteiger partial charge in [0.1, 0.15) is 16.4 Å². The molecule has 8 heteroatoms. The zero-order valence-electron chi connectivity index (χ0n) is 17.0. The van der Waals surface area contributed by atoms with Gasteiger partial charge in [0.25, 0.3) is 5.91 Å². The van der Waals surface area contributed by atoms with E-state index in [1.165, 1.54) is 18.3 Å². The van der Waals surface area contributed by atoms with Crippen LogP contribution < -0.4 is 5.32 Å². The normalized spacial score (nSPS) is 10.9. The maximum Gasteiger partial charge on any atom is 0.275 e. The number of Topliss-reactive ketones (excluding diaryl/α,β-unsaturated/α-hetero) is 1. The number of hydrogen-bond donors (Lipinski definition) is 2. The van der Waals surface area contributed by atoms with Gasteiger partial charge in [-0.2, -0.15) is 5.10 Å². The average molecular weight is 440 g/mol. The lowest BCUT2D eigenvalue weighted by Crippen LogP contribution is -2.12. The van der Waals surface area contributed by atoms with E-state index >= 15 is 0 Å². The van der Waals surface area contributed by atoms with Crippen molar-refractivity contribution in [3.05, 3.63) is 83.8 Å². The molecule has 5 rings (SSSR count). The predicted octanol–water partition coefficient (Wildman–Crippen LogP) is 5.20. The second-order valence-electron chi connectivity index (χ2n) is 7.19. The topological polar surface area (TPSA) is 101 Å². The van der Waals surface area contributed by atoms with Crippen molar-refractivity contribution in [1.82, 2.24) is 20.2 Å². The second-order valence-corrected chi connectivity index (χ2v) is 8.05. The average Bonchev–Trinajstić information content (AvgIpc) is 3.47. The molecule has 0 radical (unpaired) electrons. The van der Waals surface area contributed by atoms with E-state index in [1.807, 2.05) is 54.6 Å². The number of thiazole rings is 1. The van der Waals surface area contributed by atoms with Crippen molar-refractivity contribution in [3.8, 4) is 21.7 Å². The van der Waals surface area contributed by atoms with Crippen molar-refractivity contribution in [3.63, 3.8) is 0 Å². The summed E-state index contributed by atoms with van der Waals surface area (Å²) in [6, 6.07) is 17.1. The van der Waals surface area contributed by atoms with E-state index in [0.717, 1.165) is 32.6 Å². The van der Waals surface area contributed by atoms with Gasteiger partial charge in [-0.15, -0.1) is 11.3 Å². The van der Waals surface area contributed by atoms with Gasteiger partial charge in [0, 0.05) is 41.3 Å². The van der Waals surface area contributed by atoms with E-state index in [9.17, 15) is 9.59 Å². The highest BCUT2D eigenvalue weighted by atomic mass is 32.1. The van der Waals surface area contributed by atoms with E-state index < -0.39 is 0 Å². The number of hydrogen-bond acceptors (Lipinski definition) is 6. The number of carbonyl (C=O) groups excluding carboxylic acids is 2. The third-order valence-corrected chi connectivity index (χ3v) is 5.93. The highest BCUT2D eigenvalue weighted by molar-refractivity contribution is 7.13. The molecule has 0 fully saturated rings. The number of nitrogens with zero attached hydrogens (tertiary/aromatic N) is 3. The fourth-order valence-electron chi connectivity index (χ4n) is 3.41. The summed E-state index contributed by atoms with van der Waals surface area (Å²) in [6.07, 6.45) is 3.40. The second kappa shape index (κ2) is 8.16. The fourth-order valence-corrected chi connectivity index (χ4v) is 4.22. The Labute approximate surface area is 187 Å². The predicted molar refractivity (Wildman–Crippen MR) is 125 cm³/mol. The van der Waals surface area contributed by atoms with Gasteiger partial charge in [-0.05, 0) is 47.5 Å². The summed E-state index contributed by atoms with van der Waals surface area (Å²) in [6.45, 7) is 1.50. The molecular formula is C24H17N5O2S. The molecule has 0 saturated carbocycles. The SMILES string of the molecule is CC(=O)c1n[nH]c2cc(-c3ccc(NC(=O)c4csc(-c5ccncc5)n4)cc3)ccc12. The first kappa shape index (κ1) is 19.8. The zero-order chi connectivity index (χ0) is 22.1. The van der Waals surface area contributed by atoms with Gasteiger partial charge in [-0.1, -0.05) is 18.2 Å². The van der Waals surface area contributed by atoms with Gasteiger partial charge in [-0.3, -0.25) is 19.7 Å². The lowest BCUT2D eigenvalue weighted by Gasteiger charge is -2.06. The minimum atomic E-state index is -0.259. The standard InChI is InChI=1S/C24H17N5O2S/c1-14(30)22-19-7-4-17(12-20(19)28-29-22)15-2-5-18(6-3-15)26-23(31)21-13-32-24(27-21)16-8-10-25-11-9-16/h2-13H,1H3,(H,26,31)(H,28,29). The molecule has 3 heterocycles. The van der Waals surface area contributed by atoms with Crippen molar-refractivity contribution in [2.24, 2.45) is 0 Å². The first-order valence-corrected chi connectivity index (χ1v) is 10.7. The number of amides is 1. The Morgan fingerprint density at radius 2 is 1.69 bits per heavy atom. The van der Waals surface area contributed by atoms with Crippen LogP contribution in [0, 0.1) is 0 Å². The summed E-state index contributed by atoms with van der Waals surface area (Å²) < 4.78 is 0. The summed E-state index contributed by atoms with van der Waals surface area (Å²) in [5, 5.41) is 13.2. The number of ketones is 1. The molecule has 0 saturated heterocycles. The Hall–Kier alpha value is -4.17. The maximum atomic E-state index is 12.6. The Morgan fingerprint density at radius 1 is 0.938 bits per heavy atom. The molecule has 7 nitrogen and oxygen atoms in total. The number of anilines is 1. The summed E-state index contributed by atoms with van der Waals surface area (Å²) in [7, 11) is 0. The number of pyridine rings is 1. The Bertz CT molecular complexity index is 1440. The van der Waals surface area contributed by atoms with Crippen LogP contribution in [0.4, 0.5) is 5.69 Å². The summed E-state index contributed by atoms with van der Waals surface area (Å²) in [5.74, 6) is -0.331. The van der Waals surface area contributed by atoms with Crippen LogP contribution in [0.1, 0.15) is 27.9 Å². The van der Waals surface area contributed by atoms with Crippen molar-refractivity contribution < 1.29 is 9.59 Å². The molecule has 156 valence electrons. The molecule has 0 bridgehead atoms. The largest absolute Gasteiger partial charge is 0.321 e. The van der Waals surface area contributed by atoms with Gasteiger partial charge in [0.15, 0.2) is 5.78 Å². The first-order valence-electron chi connectivity index (χ1n) is 9.85. The van der Waals surface area contributed by atoms with Gasteiger partial charge in [0.2, 0.25) is 0 Å². The van der Waals surface area contributed by atoms with Gasteiger partial charge >= 0.3 is 0 Å². The lowest BCUT2D eigenvalue weighted by molar-refractivity contribution is 0.100. The van der Waals surface area contributed by atoms with Crippen LogP contribution in [-0.2, 0) is 0 Å². The number of rotatable bonds is 5. The molecule has 32 heavy (non-hydrogen) atoms. The van der Waals surface area contributed by atoms with Crippen LogP contribution in [0.2, 0.25) is 0 Å². The van der Waals surface area contributed by atoms with E-state index in [-0.39, 0.29) is 11.7 Å². The molecule has 2 aromatic carbocycles. The first-order chi connectivity index (χ1) is 15.6. The third-order valence-electron chi connectivity index (χ3n) is 5.04. The van der Waals surface area contributed by atoms with Gasteiger partial charge in [0.05, 0.1) is 5.52 Å². The van der Waals surface area contributed by atoms with Crippen molar-refractivity contribution in [1.29, 1.82) is 0 Å². The summed E-state index contributed by atoms with van der Waals surface area (Å²) >= 11 is 1.42. The van der Waals surface area contributed by atoms with Crippen LogP contribution >= 0.6 is 11.3 Å². The number of benzene rings is 2. The monoisotopic (exact) mass is 439 g/mol. The van der Waals surface area contributed by atoms with Crippen LogP contribution in [0.3, 0.4) is 0 Å². The highest BCUT2D eigenvalue weighted by Gasteiger charge is 2.13. The number of nitrogens with one attached hydrogen (secondary N) is 2. The van der Waals surface area contributed by atoms with Crippen molar-refractivity contribution >= 4 is 39.6 Å². The van der Waals surface area contributed by atoms with E-state index in [1.54, 1.807) is 17.8 Å². The molecule has 0 aliphatic rings. The number of fused-ring (bicyclic) bond motifs is 1. The minimum absolute atomic E-state index is 0.0721. The lowest BCUT2D eigenvalue weighted by atomic mass is 10.0. The van der Waals surface area contributed by atoms with Gasteiger partial charge in [-0.25, -0.2) is 4.98 Å². The van der Waals surface area contributed by atoms with E-state index in [2.05, 4.69) is 25.5 Å².